The maximum absolute atomic E-state index is 13.5. The second-order valence-electron chi connectivity index (χ2n) is 16.8. The molecule has 0 spiro atoms. The molecule has 0 N–H and O–H groups in total. The van der Waals surface area contributed by atoms with Gasteiger partial charge in [-0.15, -0.1) is 0 Å². The summed E-state index contributed by atoms with van der Waals surface area (Å²) in [4.78, 5) is 37.8. The van der Waals surface area contributed by atoms with E-state index in [0.29, 0.717) is 35.9 Å². The van der Waals surface area contributed by atoms with Gasteiger partial charge in [-0.05, 0) is 110 Å². The van der Waals surface area contributed by atoms with E-state index in [2.05, 4.69) is 60.6 Å². The zero-order valence-electron chi connectivity index (χ0n) is 27.4. The first kappa shape index (κ1) is 30.7. The van der Waals surface area contributed by atoms with Crippen LogP contribution >= 0.6 is 0 Å². The molecule has 8 unspecified atom stereocenters. The van der Waals surface area contributed by atoms with Gasteiger partial charge in [0.25, 0.3) is 0 Å². The summed E-state index contributed by atoms with van der Waals surface area (Å²) in [6.07, 6.45) is 15.3. The molecule has 5 aliphatic rings. The summed E-state index contributed by atoms with van der Waals surface area (Å²) in [7, 11) is 0. The standard InChI is InChI=1S/C37H56O4/c1-10-16-37-19-13-25-24(32(37)31(23(2)3)26(39)20-37)11-12-28-35(25,8)17-14-27-34(6,7)29(15-18-36(27,28)9)41-30(40)21-33(4,5)22-38/h10,16,22-25,27-29H,11-15,17-21H2,1-9H3/b16-10+. The third-order valence-corrected chi connectivity index (χ3v) is 13.3. The van der Waals surface area contributed by atoms with E-state index >= 15 is 0 Å². The highest BCUT2D eigenvalue weighted by Crippen LogP contribution is 2.73. The summed E-state index contributed by atoms with van der Waals surface area (Å²) >= 11 is 0. The lowest BCUT2D eigenvalue weighted by molar-refractivity contribution is -0.213. The Balaban J connectivity index is 1.43. The van der Waals surface area contributed by atoms with Crippen LogP contribution in [-0.2, 0) is 19.1 Å². The molecular formula is C37H56O4. The molecule has 0 radical (unpaired) electrons. The van der Waals surface area contributed by atoms with Gasteiger partial charge < -0.3 is 9.53 Å². The van der Waals surface area contributed by atoms with E-state index in [9.17, 15) is 14.4 Å². The van der Waals surface area contributed by atoms with Gasteiger partial charge >= 0.3 is 5.97 Å². The van der Waals surface area contributed by atoms with Crippen LogP contribution in [0.5, 0.6) is 0 Å². The van der Waals surface area contributed by atoms with Crippen molar-refractivity contribution in [2.45, 2.75) is 133 Å². The zero-order valence-corrected chi connectivity index (χ0v) is 27.4. The molecule has 8 atom stereocenters. The summed E-state index contributed by atoms with van der Waals surface area (Å²) < 4.78 is 6.17. The first-order valence-electron chi connectivity index (χ1n) is 16.6. The molecule has 0 aromatic rings. The summed E-state index contributed by atoms with van der Waals surface area (Å²) in [5.74, 6) is 2.76. The molecule has 4 heteroatoms. The van der Waals surface area contributed by atoms with Crippen LogP contribution in [0.4, 0.5) is 0 Å². The molecule has 4 saturated carbocycles. The Hall–Kier alpha value is -1.71. The van der Waals surface area contributed by atoms with Crippen molar-refractivity contribution in [3.05, 3.63) is 23.3 Å². The number of esters is 1. The maximum Gasteiger partial charge on any atom is 0.307 e. The molecule has 0 aromatic carbocycles. The Morgan fingerprint density at radius 3 is 2.29 bits per heavy atom. The van der Waals surface area contributed by atoms with E-state index in [-0.39, 0.29) is 46.1 Å². The number of carbonyl (C=O) groups is 3. The normalized spacial score (nSPS) is 42.0. The smallest absolute Gasteiger partial charge is 0.307 e. The number of carbonyl (C=O) groups excluding carboxylic acids is 3. The lowest BCUT2D eigenvalue weighted by atomic mass is 9.36. The molecule has 5 aliphatic carbocycles. The molecule has 41 heavy (non-hydrogen) atoms. The van der Waals surface area contributed by atoms with Crippen molar-refractivity contribution in [1.29, 1.82) is 0 Å². The molecule has 0 amide bonds. The molecule has 0 bridgehead atoms. The minimum atomic E-state index is -0.686. The lowest BCUT2D eigenvalue weighted by Crippen LogP contribution is -2.63. The summed E-state index contributed by atoms with van der Waals surface area (Å²) in [6, 6.07) is 0. The van der Waals surface area contributed by atoms with Crippen LogP contribution in [0.15, 0.2) is 23.3 Å². The fraction of sp³-hybridized carbons (Fsp3) is 0.811. The van der Waals surface area contributed by atoms with E-state index < -0.39 is 5.41 Å². The summed E-state index contributed by atoms with van der Waals surface area (Å²) in [5.41, 5.74) is 2.35. The fourth-order valence-electron chi connectivity index (χ4n) is 11.7. The average molecular weight is 565 g/mol. The van der Waals surface area contributed by atoms with E-state index in [1.54, 1.807) is 13.8 Å². The summed E-state index contributed by atoms with van der Waals surface area (Å²) in [5, 5.41) is 0. The van der Waals surface area contributed by atoms with E-state index in [1.807, 2.05) is 0 Å². The minimum Gasteiger partial charge on any atom is -0.462 e. The topological polar surface area (TPSA) is 60.4 Å². The number of rotatable bonds is 6. The zero-order chi connectivity index (χ0) is 30.2. The SMILES string of the molecule is C/C=C/C12CCC3C(CCC4C3(C)CCC3C(C)(C)C(OC(=O)CC(C)(C)C=O)CCC34C)C1=C(C(C)C)C(=O)C2. The van der Waals surface area contributed by atoms with Gasteiger partial charge in [-0.25, -0.2) is 0 Å². The van der Waals surface area contributed by atoms with Crippen LogP contribution in [0.3, 0.4) is 0 Å². The Kier molecular flexibility index (Phi) is 7.64. The van der Waals surface area contributed by atoms with Crippen molar-refractivity contribution in [3.63, 3.8) is 0 Å². The minimum absolute atomic E-state index is 0.0424. The monoisotopic (exact) mass is 564 g/mol. The van der Waals surface area contributed by atoms with Crippen molar-refractivity contribution < 1.29 is 19.1 Å². The van der Waals surface area contributed by atoms with Crippen molar-refractivity contribution in [1.82, 2.24) is 0 Å². The number of hydrogen-bond donors (Lipinski definition) is 0. The Labute approximate surface area is 249 Å². The Morgan fingerprint density at radius 2 is 1.66 bits per heavy atom. The predicted octanol–water partition coefficient (Wildman–Crippen LogP) is 8.68. The Morgan fingerprint density at radius 1 is 0.976 bits per heavy atom. The van der Waals surface area contributed by atoms with Crippen LogP contribution in [0.2, 0.25) is 0 Å². The second kappa shape index (κ2) is 10.2. The molecule has 5 rings (SSSR count). The van der Waals surface area contributed by atoms with Gasteiger partial charge in [-0.3, -0.25) is 9.59 Å². The van der Waals surface area contributed by atoms with Crippen molar-refractivity contribution in [2.24, 2.45) is 56.7 Å². The third-order valence-electron chi connectivity index (χ3n) is 13.3. The number of allylic oxidation sites excluding steroid dienone is 4. The summed E-state index contributed by atoms with van der Waals surface area (Å²) in [6.45, 7) is 20.0. The molecule has 0 aromatic heterocycles. The number of Topliss-reactive ketones (excluding diaryl/α,β-unsaturated/α-hetero) is 1. The fourth-order valence-corrected chi connectivity index (χ4v) is 11.7. The van der Waals surface area contributed by atoms with Crippen LogP contribution in [0.25, 0.3) is 0 Å². The van der Waals surface area contributed by atoms with E-state index in [1.165, 1.54) is 43.3 Å². The van der Waals surface area contributed by atoms with Gasteiger partial charge in [0.2, 0.25) is 0 Å². The van der Waals surface area contributed by atoms with Crippen LogP contribution in [0.1, 0.15) is 127 Å². The van der Waals surface area contributed by atoms with Gasteiger partial charge in [-0.2, -0.15) is 0 Å². The van der Waals surface area contributed by atoms with Gasteiger partial charge in [0.05, 0.1) is 6.42 Å². The Bertz CT molecular complexity index is 1160. The first-order chi connectivity index (χ1) is 19.1. The number of hydrogen-bond acceptors (Lipinski definition) is 4. The van der Waals surface area contributed by atoms with Gasteiger partial charge in [0.1, 0.15) is 12.4 Å². The van der Waals surface area contributed by atoms with Crippen molar-refractivity contribution >= 4 is 18.0 Å². The molecule has 0 heterocycles. The maximum atomic E-state index is 13.5. The highest BCUT2D eigenvalue weighted by Gasteiger charge is 2.66. The third kappa shape index (κ3) is 4.64. The molecule has 4 fully saturated rings. The number of fused-ring (bicyclic) bond motifs is 7. The van der Waals surface area contributed by atoms with Crippen LogP contribution in [0, 0.1) is 56.7 Å². The molecule has 4 nitrogen and oxygen atoms in total. The first-order valence-corrected chi connectivity index (χ1v) is 16.6. The van der Waals surface area contributed by atoms with Crippen LogP contribution in [-0.4, -0.2) is 24.1 Å². The van der Waals surface area contributed by atoms with Crippen molar-refractivity contribution in [2.75, 3.05) is 0 Å². The molecule has 0 aliphatic heterocycles. The molecule has 0 saturated heterocycles. The van der Waals surface area contributed by atoms with E-state index in [4.69, 9.17) is 4.74 Å². The number of aldehydes is 1. The predicted molar refractivity (Wildman–Crippen MR) is 164 cm³/mol. The van der Waals surface area contributed by atoms with Crippen molar-refractivity contribution in [3.8, 4) is 0 Å². The highest BCUT2D eigenvalue weighted by atomic mass is 16.5. The van der Waals surface area contributed by atoms with Gasteiger partial charge in [0, 0.05) is 22.7 Å². The number of ketones is 1. The quantitative estimate of drug-likeness (QED) is 0.184. The van der Waals surface area contributed by atoms with Gasteiger partial charge in [-0.1, -0.05) is 67.5 Å². The molecular weight excluding hydrogens is 508 g/mol. The van der Waals surface area contributed by atoms with E-state index in [0.717, 1.165) is 25.5 Å². The van der Waals surface area contributed by atoms with Gasteiger partial charge in [0.15, 0.2) is 5.78 Å². The number of ether oxygens (including phenoxy) is 1. The average Bonchev–Trinajstić information content (AvgIpc) is 3.17. The van der Waals surface area contributed by atoms with Crippen LogP contribution < -0.4 is 0 Å². The largest absolute Gasteiger partial charge is 0.462 e. The second-order valence-corrected chi connectivity index (χ2v) is 16.8. The lowest BCUT2D eigenvalue weighted by Gasteiger charge is -2.68. The molecule has 228 valence electrons. The highest BCUT2D eigenvalue weighted by molar-refractivity contribution is 6.01.